The molecular weight excluding hydrogens is 272 g/mol. The molecule has 0 aliphatic carbocycles. The number of carbonyl (C=O) groups is 2. The van der Waals surface area contributed by atoms with E-state index in [0.29, 0.717) is 31.7 Å². The lowest BCUT2D eigenvalue weighted by atomic mass is 9.99. The van der Waals surface area contributed by atoms with Gasteiger partial charge in [-0.15, -0.1) is 0 Å². The fraction of sp³-hybridized carbons (Fsp3) is 0.467. The fourth-order valence-electron chi connectivity index (χ4n) is 2.15. The number of ether oxygens (including phenoxy) is 2. The monoisotopic (exact) mass is 292 g/mol. The molecule has 0 radical (unpaired) electrons. The average molecular weight is 292 g/mol. The Balaban J connectivity index is 1.74. The molecule has 0 unspecified atom stereocenters. The van der Waals surface area contributed by atoms with Crippen molar-refractivity contribution >= 4 is 17.5 Å². The van der Waals surface area contributed by atoms with Crippen molar-refractivity contribution in [3.8, 4) is 5.75 Å². The third kappa shape index (κ3) is 4.75. The molecule has 0 atom stereocenters. The van der Waals surface area contributed by atoms with Crippen molar-refractivity contribution in [3.63, 3.8) is 0 Å². The topological polar surface area (TPSA) is 76.7 Å². The van der Waals surface area contributed by atoms with Gasteiger partial charge in [-0.1, -0.05) is 0 Å². The summed E-state index contributed by atoms with van der Waals surface area (Å²) in [6, 6.07) is 7.01. The normalized spacial score (nSPS) is 15.3. The first kappa shape index (κ1) is 15.3. The van der Waals surface area contributed by atoms with Crippen LogP contribution in [0.3, 0.4) is 0 Å². The molecule has 2 amide bonds. The number of methoxy groups -OCH3 is 1. The zero-order chi connectivity index (χ0) is 15.1. The summed E-state index contributed by atoms with van der Waals surface area (Å²) in [5.74, 6) is 0.345. The van der Waals surface area contributed by atoms with Crippen molar-refractivity contribution in [3.05, 3.63) is 24.3 Å². The van der Waals surface area contributed by atoms with Gasteiger partial charge in [0.05, 0.1) is 13.7 Å². The molecule has 114 valence electrons. The molecule has 21 heavy (non-hydrogen) atoms. The minimum Gasteiger partial charge on any atom is -0.497 e. The lowest BCUT2D eigenvalue weighted by molar-refractivity contribution is -0.129. The molecule has 1 saturated heterocycles. The number of hydrogen-bond donors (Lipinski definition) is 2. The molecule has 1 aliphatic rings. The molecule has 2 N–H and O–H groups in total. The van der Waals surface area contributed by atoms with Crippen molar-refractivity contribution in [2.45, 2.75) is 12.8 Å². The van der Waals surface area contributed by atoms with Gasteiger partial charge in [0.15, 0.2) is 0 Å². The summed E-state index contributed by atoms with van der Waals surface area (Å²) in [5, 5.41) is 5.38. The molecule has 0 spiro atoms. The van der Waals surface area contributed by atoms with Gasteiger partial charge in [0, 0.05) is 24.8 Å². The van der Waals surface area contributed by atoms with Gasteiger partial charge in [-0.05, 0) is 37.1 Å². The minimum atomic E-state index is -0.249. The summed E-state index contributed by atoms with van der Waals surface area (Å²) >= 11 is 0. The average Bonchev–Trinajstić information content (AvgIpc) is 2.54. The maximum Gasteiger partial charge on any atom is 0.243 e. The van der Waals surface area contributed by atoms with Crippen molar-refractivity contribution in [2.24, 2.45) is 5.92 Å². The molecule has 1 aromatic rings. The Bertz CT molecular complexity index is 481. The first-order valence-corrected chi connectivity index (χ1v) is 6.98. The van der Waals surface area contributed by atoms with E-state index >= 15 is 0 Å². The van der Waals surface area contributed by atoms with E-state index in [2.05, 4.69) is 10.6 Å². The van der Waals surface area contributed by atoms with Gasteiger partial charge in [-0.25, -0.2) is 0 Å². The van der Waals surface area contributed by atoms with Crippen molar-refractivity contribution in [2.75, 3.05) is 32.2 Å². The second-order valence-electron chi connectivity index (χ2n) is 4.88. The van der Waals surface area contributed by atoms with E-state index in [-0.39, 0.29) is 24.3 Å². The van der Waals surface area contributed by atoms with Crippen LogP contribution in [0.15, 0.2) is 24.3 Å². The first-order valence-electron chi connectivity index (χ1n) is 6.98. The van der Waals surface area contributed by atoms with Crippen LogP contribution in [0.25, 0.3) is 0 Å². The van der Waals surface area contributed by atoms with Gasteiger partial charge in [0.1, 0.15) is 5.75 Å². The highest BCUT2D eigenvalue weighted by Gasteiger charge is 2.21. The van der Waals surface area contributed by atoms with E-state index < -0.39 is 0 Å². The number of carbonyl (C=O) groups excluding carboxylic acids is 2. The van der Waals surface area contributed by atoms with Crippen LogP contribution in [-0.2, 0) is 14.3 Å². The van der Waals surface area contributed by atoms with Gasteiger partial charge in [-0.2, -0.15) is 0 Å². The lowest BCUT2D eigenvalue weighted by Gasteiger charge is -2.21. The minimum absolute atomic E-state index is 0.0256. The van der Waals surface area contributed by atoms with E-state index in [9.17, 15) is 9.59 Å². The second-order valence-corrected chi connectivity index (χ2v) is 4.88. The molecule has 0 bridgehead atoms. The van der Waals surface area contributed by atoms with E-state index in [1.165, 1.54) is 0 Å². The Hall–Kier alpha value is -2.08. The third-order valence-electron chi connectivity index (χ3n) is 3.39. The second kappa shape index (κ2) is 7.64. The highest BCUT2D eigenvalue weighted by atomic mass is 16.5. The zero-order valence-electron chi connectivity index (χ0n) is 12.1. The lowest BCUT2D eigenvalue weighted by Crippen LogP contribution is -2.38. The summed E-state index contributed by atoms with van der Waals surface area (Å²) in [6.07, 6.45) is 1.43. The summed E-state index contributed by atoms with van der Waals surface area (Å²) in [6.45, 7) is 1.19. The van der Waals surface area contributed by atoms with E-state index in [1.54, 1.807) is 31.4 Å². The predicted octanol–water partition coefficient (Wildman–Crippen LogP) is 1.18. The maximum atomic E-state index is 11.9. The summed E-state index contributed by atoms with van der Waals surface area (Å²) < 4.78 is 10.2. The Kier molecular flexibility index (Phi) is 5.57. The zero-order valence-corrected chi connectivity index (χ0v) is 12.1. The number of rotatable bonds is 5. The van der Waals surface area contributed by atoms with Crippen LogP contribution in [-0.4, -0.2) is 38.7 Å². The standard InChI is InChI=1S/C15H20N2O4/c1-20-13-4-2-12(3-5-13)17-14(18)10-16-15(19)11-6-8-21-9-7-11/h2-5,11H,6-10H2,1H3,(H,16,19)(H,17,18). The highest BCUT2D eigenvalue weighted by Crippen LogP contribution is 2.15. The van der Waals surface area contributed by atoms with E-state index in [0.717, 1.165) is 5.75 Å². The molecular formula is C15H20N2O4. The van der Waals surface area contributed by atoms with Crippen LogP contribution in [0, 0.1) is 5.92 Å². The number of nitrogens with one attached hydrogen (secondary N) is 2. The molecule has 0 saturated carbocycles. The smallest absolute Gasteiger partial charge is 0.243 e. The Morgan fingerprint density at radius 1 is 1.24 bits per heavy atom. The fourth-order valence-corrected chi connectivity index (χ4v) is 2.15. The van der Waals surface area contributed by atoms with Gasteiger partial charge in [0.2, 0.25) is 11.8 Å². The third-order valence-corrected chi connectivity index (χ3v) is 3.39. The molecule has 1 heterocycles. The summed E-state index contributed by atoms with van der Waals surface area (Å²) in [4.78, 5) is 23.6. The number of hydrogen-bond acceptors (Lipinski definition) is 4. The highest BCUT2D eigenvalue weighted by molar-refractivity contribution is 5.94. The van der Waals surface area contributed by atoms with Gasteiger partial charge >= 0.3 is 0 Å². The molecule has 1 aliphatic heterocycles. The number of amides is 2. The maximum absolute atomic E-state index is 11.9. The summed E-state index contributed by atoms with van der Waals surface area (Å²) in [5.41, 5.74) is 0.668. The molecule has 1 aromatic carbocycles. The van der Waals surface area contributed by atoms with Crippen LogP contribution in [0.1, 0.15) is 12.8 Å². The van der Waals surface area contributed by atoms with Gasteiger partial charge in [0.25, 0.3) is 0 Å². The Labute approximate surface area is 123 Å². The van der Waals surface area contributed by atoms with Crippen LogP contribution in [0.2, 0.25) is 0 Å². The van der Waals surface area contributed by atoms with Crippen molar-refractivity contribution < 1.29 is 19.1 Å². The van der Waals surface area contributed by atoms with E-state index in [4.69, 9.17) is 9.47 Å². The largest absolute Gasteiger partial charge is 0.497 e. The van der Waals surface area contributed by atoms with Gasteiger partial charge < -0.3 is 20.1 Å². The van der Waals surface area contributed by atoms with Crippen molar-refractivity contribution in [1.29, 1.82) is 0 Å². The number of anilines is 1. The van der Waals surface area contributed by atoms with Crippen LogP contribution < -0.4 is 15.4 Å². The van der Waals surface area contributed by atoms with Crippen LogP contribution >= 0.6 is 0 Å². The Morgan fingerprint density at radius 3 is 2.52 bits per heavy atom. The number of benzene rings is 1. The predicted molar refractivity (Wildman–Crippen MR) is 78.2 cm³/mol. The van der Waals surface area contributed by atoms with Crippen molar-refractivity contribution in [1.82, 2.24) is 5.32 Å². The molecule has 2 rings (SSSR count). The molecule has 0 aromatic heterocycles. The van der Waals surface area contributed by atoms with Crippen LogP contribution in [0.4, 0.5) is 5.69 Å². The first-order chi connectivity index (χ1) is 10.2. The Morgan fingerprint density at radius 2 is 1.90 bits per heavy atom. The molecule has 6 heteroatoms. The molecule has 1 fully saturated rings. The SMILES string of the molecule is COc1ccc(NC(=O)CNC(=O)C2CCOCC2)cc1. The quantitative estimate of drug-likeness (QED) is 0.854. The van der Waals surface area contributed by atoms with Gasteiger partial charge in [-0.3, -0.25) is 9.59 Å². The molecule has 6 nitrogen and oxygen atoms in total. The summed E-state index contributed by atoms with van der Waals surface area (Å²) in [7, 11) is 1.58. The van der Waals surface area contributed by atoms with Crippen LogP contribution in [0.5, 0.6) is 5.75 Å². The van der Waals surface area contributed by atoms with E-state index in [1.807, 2.05) is 0 Å².